The molecule has 0 amide bonds. The standard InChI is InChI=1S/C13H21BNO/c1-10(2)15(11(3)4)14-12-6-8-13(16-5)9-7-12/h6-11H,1-5H3. The van der Waals surface area contributed by atoms with Crippen LogP contribution in [0.5, 0.6) is 5.75 Å². The lowest BCUT2D eigenvalue weighted by atomic mass is 9.78. The highest BCUT2D eigenvalue weighted by molar-refractivity contribution is 6.50. The van der Waals surface area contributed by atoms with Crippen LogP contribution in [0.3, 0.4) is 0 Å². The van der Waals surface area contributed by atoms with Crippen LogP contribution in [-0.2, 0) is 0 Å². The third-order valence-corrected chi connectivity index (χ3v) is 2.61. The molecule has 0 saturated heterocycles. The first-order valence-corrected chi connectivity index (χ1v) is 5.81. The van der Waals surface area contributed by atoms with Gasteiger partial charge in [-0.1, -0.05) is 45.3 Å². The molecular weight excluding hydrogens is 197 g/mol. The predicted octanol–water partition coefficient (Wildman–Crippen LogP) is 2.06. The van der Waals surface area contributed by atoms with Crippen molar-refractivity contribution in [2.75, 3.05) is 7.11 Å². The molecule has 2 nitrogen and oxygen atoms in total. The number of nitrogens with zero attached hydrogens (tertiary/aromatic N) is 1. The quantitative estimate of drug-likeness (QED) is 0.701. The Kier molecular flexibility index (Phi) is 4.87. The monoisotopic (exact) mass is 218 g/mol. The molecule has 0 fully saturated rings. The normalized spacial score (nSPS) is 11.2. The summed E-state index contributed by atoms with van der Waals surface area (Å²) >= 11 is 0. The number of hydrogen-bond acceptors (Lipinski definition) is 2. The first-order chi connectivity index (χ1) is 7.54. The number of ether oxygens (including phenoxy) is 1. The summed E-state index contributed by atoms with van der Waals surface area (Å²) in [5.74, 6) is 0.901. The van der Waals surface area contributed by atoms with Crippen LogP contribution < -0.4 is 10.2 Å². The van der Waals surface area contributed by atoms with Gasteiger partial charge in [-0.2, -0.15) is 0 Å². The molecule has 0 spiro atoms. The van der Waals surface area contributed by atoms with Crippen molar-refractivity contribution < 1.29 is 4.74 Å². The lowest BCUT2D eigenvalue weighted by Gasteiger charge is -2.30. The fourth-order valence-electron chi connectivity index (χ4n) is 1.76. The van der Waals surface area contributed by atoms with Crippen molar-refractivity contribution in [3.63, 3.8) is 0 Å². The highest BCUT2D eigenvalue weighted by Crippen LogP contribution is 2.07. The van der Waals surface area contributed by atoms with Gasteiger partial charge in [0.1, 0.15) is 5.75 Å². The van der Waals surface area contributed by atoms with Gasteiger partial charge in [0.05, 0.1) is 7.11 Å². The van der Waals surface area contributed by atoms with E-state index in [-0.39, 0.29) is 0 Å². The second-order valence-corrected chi connectivity index (χ2v) is 4.54. The van der Waals surface area contributed by atoms with Crippen molar-refractivity contribution >= 4 is 12.9 Å². The Balaban J connectivity index is 2.70. The van der Waals surface area contributed by atoms with Crippen molar-refractivity contribution in [1.29, 1.82) is 0 Å². The largest absolute Gasteiger partial charge is 0.497 e. The Morgan fingerprint density at radius 1 is 1.00 bits per heavy atom. The zero-order chi connectivity index (χ0) is 12.1. The summed E-state index contributed by atoms with van der Waals surface area (Å²) in [5, 5.41) is 0. The van der Waals surface area contributed by atoms with Crippen molar-refractivity contribution in [3.05, 3.63) is 24.3 Å². The Labute approximate surface area is 99.9 Å². The maximum Gasteiger partial charge on any atom is 0.248 e. The van der Waals surface area contributed by atoms with E-state index in [1.54, 1.807) is 7.11 Å². The fraction of sp³-hybridized carbons (Fsp3) is 0.538. The van der Waals surface area contributed by atoms with E-state index < -0.39 is 0 Å². The molecule has 1 radical (unpaired) electrons. The second-order valence-electron chi connectivity index (χ2n) is 4.54. The average Bonchev–Trinajstić information content (AvgIpc) is 2.25. The van der Waals surface area contributed by atoms with Crippen LogP contribution in [0.15, 0.2) is 24.3 Å². The van der Waals surface area contributed by atoms with Crippen LogP contribution in [0.2, 0.25) is 0 Å². The molecule has 1 aromatic carbocycles. The van der Waals surface area contributed by atoms with E-state index in [4.69, 9.17) is 4.74 Å². The molecule has 16 heavy (non-hydrogen) atoms. The second kappa shape index (κ2) is 5.95. The minimum atomic E-state index is 0.516. The minimum Gasteiger partial charge on any atom is -0.497 e. The molecule has 0 bridgehead atoms. The van der Waals surface area contributed by atoms with Gasteiger partial charge in [-0.15, -0.1) is 0 Å². The topological polar surface area (TPSA) is 12.5 Å². The predicted molar refractivity (Wildman–Crippen MR) is 70.5 cm³/mol. The van der Waals surface area contributed by atoms with Gasteiger partial charge in [0.25, 0.3) is 0 Å². The van der Waals surface area contributed by atoms with E-state index in [0.29, 0.717) is 12.1 Å². The van der Waals surface area contributed by atoms with E-state index in [2.05, 4.69) is 52.1 Å². The fourth-order valence-corrected chi connectivity index (χ4v) is 1.76. The summed E-state index contributed by atoms with van der Waals surface area (Å²) in [6.45, 7) is 8.83. The summed E-state index contributed by atoms with van der Waals surface area (Å²) in [7, 11) is 3.89. The first-order valence-electron chi connectivity index (χ1n) is 5.81. The molecule has 0 aliphatic heterocycles. The molecule has 0 heterocycles. The average molecular weight is 218 g/mol. The highest BCUT2D eigenvalue weighted by atomic mass is 16.5. The molecular formula is C13H21BNO. The Morgan fingerprint density at radius 2 is 1.50 bits per heavy atom. The van der Waals surface area contributed by atoms with Crippen LogP contribution in [-0.4, -0.2) is 31.4 Å². The number of hydrogen-bond donors (Lipinski definition) is 0. The van der Waals surface area contributed by atoms with Gasteiger partial charge in [0.2, 0.25) is 7.41 Å². The van der Waals surface area contributed by atoms with Crippen molar-refractivity contribution in [1.82, 2.24) is 4.81 Å². The molecule has 87 valence electrons. The lowest BCUT2D eigenvalue weighted by Crippen LogP contribution is -2.44. The molecule has 0 saturated carbocycles. The van der Waals surface area contributed by atoms with E-state index >= 15 is 0 Å². The van der Waals surface area contributed by atoms with Gasteiger partial charge in [-0.3, -0.25) is 0 Å². The van der Waals surface area contributed by atoms with Gasteiger partial charge in [0.15, 0.2) is 0 Å². The lowest BCUT2D eigenvalue weighted by molar-refractivity contribution is 0.315. The molecule has 0 aliphatic rings. The molecule has 0 atom stereocenters. The smallest absolute Gasteiger partial charge is 0.248 e. The molecule has 0 aromatic heterocycles. The summed E-state index contributed by atoms with van der Waals surface area (Å²) in [5.41, 5.74) is 1.21. The van der Waals surface area contributed by atoms with Gasteiger partial charge in [0, 0.05) is 0 Å². The van der Waals surface area contributed by atoms with Crippen LogP contribution in [0.1, 0.15) is 27.7 Å². The summed E-state index contributed by atoms with van der Waals surface area (Å²) < 4.78 is 5.14. The van der Waals surface area contributed by atoms with Crippen molar-refractivity contribution in [3.8, 4) is 5.75 Å². The SMILES string of the molecule is COc1ccc([B]N(C(C)C)C(C)C)cc1. The maximum atomic E-state index is 5.14. The van der Waals surface area contributed by atoms with Gasteiger partial charge in [-0.25, -0.2) is 0 Å². The number of benzene rings is 1. The summed E-state index contributed by atoms with van der Waals surface area (Å²) in [4.78, 5) is 2.35. The Morgan fingerprint density at radius 3 is 1.88 bits per heavy atom. The van der Waals surface area contributed by atoms with Crippen molar-refractivity contribution in [2.24, 2.45) is 0 Å². The van der Waals surface area contributed by atoms with E-state index in [1.807, 2.05) is 12.1 Å². The third-order valence-electron chi connectivity index (χ3n) is 2.61. The molecule has 1 aromatic rings. The summed E-state index contributed by atoms with van der Waals surface area (Å²) in [6.07, 6.45) is 0. The highest BCUT2D eigenvalue weighted by Gasteiger charge is 2.14. The van der Waals surface area contributed by atoms with Crippen LogP contribution >= 0.6 is 0 Å². The third kappa shape index (κ3) is 3.56. The Hall–Kier alpha value is -0.955. The summed E-state index contributed by atoms with van der Waals surface area (Å²) in [6, 6.07) is 9.17. The molecule has 0 unspecified atom stereocenters. The maximum absolute atomic E-state index is 5.14. The molecule has 0 N–H and O–H groups in total. The van der Waals surface area contributed by atoms with Crippen molar-refractivity contribution in [2.45, 2.75) is 39.8 Å². The Bertz CT molecular complexity index is 300. The van der Waals surface area contributed by atoms with Gasteiger partial charge in [-0.05, 0) is 24.2 Å². The van der Waals surface area contributed by atoms with E-state index in [9.17, 15) is 0 Å². The molecule has 1 rings (SSSR count). The minimum absolute atomic E-state index is 0.516. The molecule has 0 aliphatic carbocycles. The van der Waals surface area contributed by atoms with Crippen LogP contribution in [0, 0.1) is 0 Å². The van der Waals surface area contributed by atoms with E-state index in [1.165, 1.54) is 5.46 Å². The zero-order valence-electron chi connectivity index (χ0n) is 10.9. The van der Waals surface area contributed by atoms with E-state index in [0.717, 1.165) is 5.75 Å². The molecule has 3 heteroatoms. The first kappa shape index (κ1) is 13.1. The van der Waals surface area contributed by atoms with Crippen LogP contribution in [0.4, 0.5) is 0 Å². The van der Waals surface area contributed by atoms with Gasteiger partial charge >= 0.3 is 0 Å². The zero-order valence-corrected chi connectivity index (χ0v) is 10.9. The van der Waals surface area contributed by atoms with Gasteiger partial charge < -0.3 is 9.55 Å². The number of rotatable bonds is 5. The number of methoxy groups -OCH3 is 1. The van der Waals surface area contributed by atoms with Crippen LogP contribution in [0.25, 0.3) is 0 Å².